The van der Waals surface area contributed by atoms with Crippen molar-refractivity contribution in [2.45, 2.75) is 46.2 Å². The van der Waals surface area contributed by atoms with Crippen LogP contribution in [0, 0.1) is 6.92 Å². The zero-order valence-electron chi connectivity index (χ0n) is 20.9. The molecule has 0 aromatic heterocycles. The number of aryl methyl sites for hydroxylation is 1. The third-order valence-corrected chi connectivity index (χ3v) is 6.92. The minimum atomic E-state index is -3.89. The van der Waals surface area contributed by atoms with Gasteiger partial charge in [0.05, 0.1) is 19.1 Å². The Morgan fingerprint density at radius 3 is 2.37 bits per heavy atom. The lowest BCUT2D eigenvalue weighted by molar-refractivity contribution is -0.139. The Hall–Kier alpha value is -2.78. The molecule has 10 heteroatoms. The van der Waals surface area contributed by atoms with Crippen LogP contribution in [0.4, 0.5) is 5.69 Å². The summed E-state index contributed by atoms with van der Waals surface area (Å²) in [6, 6.07) is 11.3. The summed E-state index contributed by atoms with van der Waals surface area (Å²) in [5.41, 5.74) is 2.03. The van der Waals surface area contributed by atoms with Crippen LogP contribution in [0.5, 0.6) is 5.75 Å². The number of methoxy groups -OCH3 is 1. The first-order valence-electron chi connectivity index (χ1n) is 11.4. The molecule has 8 nitrogen and oxygen atoms in total. The first-order chi connectivity index (χ1) is 16.5. The number of hydrogen-bond acceptors (Lipinski definition) is 5. The molecule has 0 aliphatic carbocycles. The van der Waals surface area contributed by atoms with Crippen molar-refractivity contribution in [1.82, 2.24) is 10.2 Å². The van der Waals surface area contributed by atoms with E-state index in [1.165, 1.54) is 24.1 Å². The van der Waals surface area contributed by atoms with E-state index in [2.05, 4.69) is 5.32 Å². The van der Waals surface area contributed by atoms with Gasteiger partial charge >= 0.3 is 0 Å². The van der Waals surface area contributed by atoms with Gasteiger partial charge in [0.15, 0.2) is 0 Å². The molecule has 0 heterocycles. The van der Waals surface area contributed by atoms with Crippen LogP contribution < -0.4 is 14.4 Å². The highest BCUT2D eigenvalue weighted by Crippen LogP contribution is 2.33. The van der Waals surface area contributed by atoms with Crippen LogP contribution in [0.3, 0.4) is 0 Å². The van der Waals surface area contributed by atoms with Gasteiger partial charge in [-0.15, -0.1) is 0 Å². The van der Waals surface area contributed by atoms with E-state index in [0.29, 0.717) is 11.6 Å². The Morgan fingerprint density at radius 2 is 1.80 bits per heavy atom. The third-order valence-electron chi connectivity index (χ3n) is 5.56. The number of sulfonamides is 1. The fraction of sp³-hybridized carbons (Fsp3) is 0.440. The van der Waals surface area contributed by atoms with Crippen molar-refractivity contribution in [2.75, 3.05) is 30.8 Å². The molecule has 0 unspecified atom stereocenters. The number of benzene rings is 2. The maximum Gasteiger partial charge on any atom is 0.244 e. The molecule has 0 radical (unpaired) electrons. The van der Waals surface area contributed by atoms with E-state index < -0.39 is 28.5 Å². The number of ether oxygens (including phenoxy) is 1. The predicted molar refractivity (Wildman–Crippen MR) is 139 cm³/mol. The minimum Gasteiger partial charge on any atom is -0.495 e. The molecule has 1 N–H and O–H groups in total. The van der Waals surface area contributed by atoms with Gasteiger partial charge in [-0.05, 0) is 44.0 Å². The first kappa shape index (κ1) is 28.5. The summed E-state index contributed by atoms with van der Waals surface area (Å²) in [5, 5.41) is 3.15. The van der Waals surface area contributed by atoms with Crippen LogP contribution in [0.1, 0.15) is 37.8 Å². The molecular formula is C25H34ClN3O5S. The molecule has 2 aromatic rings. The predicted octanol–water partition coefficient (Wildman–Crippen LogP) is 3.76. The van der Waals surface area contributed by atoms with Crippen molar-refractivity contribution in [2.24, 2.45) is 0 Å². The fourth-order valence-corrected chi connectivity index (χ4v) is 4.47. The van der Waals surface area contributed by atoms with Crippen molar-refractivity contribution < 1.29 is 22.7 Å². The van der Waals surface area contributed by atoms with Gasteiger partial charge in [0.1, 0.15) is 18.3 Å². The maximum absolute atomic E-state index is 13.6. The lowest BCUT2D eigenvalue weighted by Gasteiger charge is -2.32. The van der Waals surface area contributed by atoms with Crippen molar-refractivity contribution >= 4 is 39.1 Å². The lowest BCUT2D eigenvalue weighted by atomic mass is 10.1. The average Bonchev–Trinajstić information content (AvgIpc) is 2.80. The van der Waals surface area contributed by atoms with Gasteiger partial charge in [0, 0.05) is 18.1 Å². The molecule has 192 valence electrons. The molecule has 0 saturated heterocycles. The average molecular weight is 524 g/mol. The van der Waals surface area contributed by atoms with E-state index in [9.17, 15) is 18.0 Å². The van der Waals surface area contributed by atoms with Gasteiger partial charge in [-0.2, -0.15) is 0 Å². The quantitative estimate of drug-likeness (QED) is 0.427. The van der Waals surface area contributed by atoms with Crippen LogP contribution in [-0.2, 0) is 26.2 Å². The van der Waals surface area contributed by atoms with Gasteiger partial charge in [-0.1, -0.05) is 54.8 Å². The molecule has 1 atom stereocenters. The summed E-state index contributed by atoms with van der Waals surface area (Å²) in [7, 11) is -2.49. The molecule has 0 aliphatic rings. The Morgan fingerprint density at radius 1 is 1.14 bits per heavy atom. The molecule has 35 heavy (non-hydrogen) atoms. The summed E-state index contributed by atoms with van der Waals surface area (Å²) in [5.74, 6) is -0.579. The number of unbranched alkanes of at least 4 members (excludes halogenated alkanes) is 1. The number of nitrogens with one attached hydrogen (secondary N) is 1. The Balaban J connectivity index is 2.41. The Kier molecular flexibility index (Phi) is 10.4. The highest BCUT2D eigenvalue weighted by atomic mass is 35.5. The van der Waals surface area contributed by atoms with E-state index in [1.807, 2.05) is 38.1 Å². The van der Waals surface area contributed by atoms with E-state index >= 15 is 0 Å². The van der Waals surface area contributed by atoms with Crippen LogP contribution in [0.25, 0.3) is 0 Å². The molecule has 2 amide bonds. The minimum absolute atomic E-state index is 0.145. The number of amides is 2. The molecule has 0 fully saturated rings. The number of nitrogens with zero attached hydrogens (tertiary/aromatic N) is 2. The summed E-state index contributed by atoms with van der Waals surface area (Å²) in [6.45, 7) is 5.74. The van der Waals surface area contributed by atoms with Crippen molar-refractivity contribution in [3.8, 4) is 5.75 Å². The Labute approximate surface area is 213 Å². The number of rotatable bonds is 12. The monoisotopic (exact) mass is 523 g/mol. The second-order valence-corrected chi connectivity index (χ2v) is 10.8. The SMILES string of the molecule is CCCCNC(=O)[C@@H](C)N(Cc1ccc(C)cc1)C(=O)CN(c1cc(Cl)ccc1OC)S(C)(=O)=O. The number of anilines is 1. The topological polar surface area (TPSA) is 96.0 Å². The summed E-state index contributed by atoms with van der Waals surface area (Å²) in [6.07, 6.45) is 2.75. The van der Waals surface area contributed by atoms with Gasteiger partial charge < -0.3 is 15.0 Å². The second-order valence-electron chi connectivity index (χ2n) is 8.41. The number of hydrogen-bond donors (Lipinski definition) is 1. The first-order valence-corrected chi connectivity index (χ1v) is 13.6. The zero-order chi connectivity index (χ0) is 26.2. The fourth-order valence-electron chi connectivity index (χ4n) is 3.46. The Bertz CT molecular complexity index is 1120. The third kappa shape index (κ3) is 8.14. The van der Waals surface area contributed by atoms with Crippen LogP contribution in [0.2, 0.25) is 5.02 Å². The largest absolute Gasteiger partial charge is 0.495 e. The zero-order valence-corrected chi connectivity index (χ0v) is 22.4. The van der Waals surface area contributed by atoms with Gasteiger partial charge in [0.25, 0.3) is 0 Å². The highest BCUT2D eigenvalue weighted by molar-refractivity contribution is 7.92. The van der Waals surface area contributed by atoms with Gasteiger partial charge in [0.2, 0.25) is 21.8 Å². The van der Waals surface area contributed by atoms with E-state index in [0.717, 1.165) is 34.5 Å². The van der Waals surface area contributed by atoms with Crippen LogP contribution >= 0.6 is 11.6 Å². The highest BCUT2D eigenvalue weighted by Gasteiger charge is 2.31. The van der Waals surface area contributed by atoms with Crippen LogP contribution in [-0.4, -0.2) is 57.6 Å². The maximum atomic E-state index is 13.6. The molecule has 0 bridgehead atoms. The standard InChI is InChI=1S/C25H34ClN3O5S/c1-6-7-14-27-25(31)19(3)28(16-20-10-8-18(2)9-11-20)24(30)17-29(35(5,32)33)22-15-21(26)12-13-23(22)34-4/h8-13,15,19H,6-7,14,16-17H2,1-5H3,(H,27,31)/t19-/m1/s1. The van der Waals surface area contributed by atoms with Crippen LogP contribution in [0.15, 0.2) is 42.5 Å². The van der Waals surface area contributed by atoms with Crippen molar-refractivity contribution in [1.29, 1.82) is 0 Å². The summed E-state index contributed by atoms with van der Waals surface area (Å²) < 4.78 is 31.7. The van der Waals surface area contributed by atoms with Gasteiger partial charge in [-0.25, -0.2) is 8.42 Å². The molecular weight excluding hydrogens is 490 g/mol. The summed E-state index contributed by atoms with van der Waals surface area (Å²) in [4.78, 5) is 27.8. The summed E-state index contributed by atoms with van der Waals surface area (Å²) >= 11 is 6.11. The number of halogens is 1. The number of carbonyl (C=O) groups is 2. The van der Waals surface area contributed by atoms with E-state index in [4.69, 9.17) is 16.3 Å². The normalized spacial score (nSPS) is 12.1. The molecule has 2 aromatic carbocycles. The van der Waals surface area contributed by atoms with Crippen molar-refractivity contribution in [3.05, 3.63) is 58.6 Å². The molecule has 0 spiro atoms. The number of carbonyl (C=O) groups excluding carboxylic acids is 2. The lowest BCUT2D eigenvalue weighted by Crippen LogP contribution is -2.51. The molecule has 0 aliphatic heterocycles. The molecule has 2 rings (SSSR count). The van der Waals surface area contributed by atoms with E-state index in [-0.39, 0.29) is 23.9 Å². The smallest absolute Gasteiger partial charge is 0.244 e. The molecule has 0 saturated carbocycles. The van der Waals surface area contributed by atoms with Gasteiger partial charge in [-0.3, -0.25) is 13.9 Å². The van der Waals surface area contributed by atoms with E-state index in [1.54, 1.807) is 13.0 Å². The van der Waals surface area contributed by atoms with Crippen molar-refractivity contribution in [3.63, 3.8) is 0 Å². The second kappa shape index (κ2) is 12.8.